The largest absolute Gasteiger partial charge is 0.478 e. The van der Waals surface area contributed by atoms with E-state index >= 15 is 0 Å². The van der Waals surface area contributed by atoms with E-state index in [9.17, 15) is 29.7 Å². The minimum Gasteiger partial charge on any atom is -0.478 e. The van der Waals surface area contributed by atoms with Crippen molar-refractivity contribution in [3.8, 4) is 0 Å². The first-order valence-corrected chi connectivity index (χ1v) is 30.7. The molecule has 6 nitrogen and oxygen atoms in total. The standard InChI is InChI=1S/C63H114O6/c1-4-7-10-13-16-19-22-25-28-31-34-37-40-43-46-49-52-55-56(53-50-47-44-41-38-35-32-29-26-23-20-17-14-11-8-5-2)58(61(64)65)60(63(68)69)59(62(66)67)57(55)54-51-48-45-42-39-36-33-30-27-24-21-18-15-12-9-6-3/h4-54H2,1-3H3,(H,64,65)(H,66,67)(H,68,69). The average molecular weight is 968 g/mol. The highest BCUT2D eigenvalue weighted by atomic mass is 16.4. The summed E-state index contributed by atoms with van der Waals surface area (Å²) in [6.07, 6.45) is 62.0. The molecule has 6 heteroatoms. The molecule has 0 amide bonds. The second-order valence-electron chi connectivity index (χ2n) is 21.6. The van der Waals surface area contributed by atoms with E-state index in [1.165, 1.54) is 238 Å². The summed E-state index contributed by atoms with van der Waals surface area (Å²) in [5.74, 6) is -4.08. The van der Waals surface area contributed by atoms with E-state index in [1.54, 1.807) is 0 Å². The Labute approximate surface area is 427 Å². The second kappa shape index (κ2) is 47.9. The fourth-order valence-electron chi connectivity index (χ4n) is 11.0. The van der Waals surface area contributed by atoms with Gasteiger partial charge in [-0.25, -0.2) is 14.4 Å². The molecule has 0 aliphatic rings. The number of unbranched alkanes of at least 4 members (excludes halogenated alkanes) is 45. The molecule has 1 rings (SSSR count). The molecule has 0 aliphatic heterocycles. The summed E-state index contributed by atoms with van der Waals surface area (Å²) in [4.78, 5) is 39.0. The Morgan fingerprint density at radius 2 is 0.362 bits per heavy atom. The van der Waals surface area contributed by atoms with Gasteiger partial charge in [-0.1, -0.05) is 310 Å². The summed E-state index contributed by atoms with van der Waals surface area (Å²) in [7, 11) is 0. The minimum atomic E-state index is -1.44. The molecule has 69 heavy (non-hydrogen) atoms. The van der Waals surface area contributed by atoms with E-state index in [4.69, 9.17) is 0 Å². The second-order valence-corrected chi connectivity index (χ2v) is 21.6. The number of carboxylic acids is 3. The maximum absolute atomic E-state index is 13.0. The molecule has 0 saturated carbocycles. The highest BCUT2D eigenvalue weighted by Gasteiger charge is 2.33. The van der Waals surface area contributed by atoms with Crippen molar-refractivity contribution in [1.29, 1.82) is 0 Å². The van der Waals surface area contributed by atoms with Crippen molar-refractivity contribution in [2.24, 2.45) is 0 Å². The molecular formula is C63H114O6. The smallest absolute Gasteiger partial charge is 0.337 e. The third kappa shape index (κ3) is 34.6. The monoisotopic (exact) mass is 967 g/mol. The summed E-state index contributed by atoms with van der Waals surface area (Å²) in [5.41, 5.74) is 0.974. The lowest BCUT2D eigenvalue weighted by Crippen LogP contribution is -2.23. The van der Waals surface area contributed by atoms with E-state index in [-0.39, 0.29) is 11.1 Å². The van der Waals surface area contributed by atoms with Gasteiger partial charge >= 0.3 is 17.9 Å². The van der Waals surface area contributed by atoms with Crippen molar-refractivity contribution in [2.75, 3.05) is 0 Å². The molecule has 0 spiro atoms. The first-order chi connectivity index (χ1) is 33.8. The number of rotatable bonds is 54. The summed E-state index contributed by atoms with van der Waals surface area (Å²) >= 11 is 0. The molecule has 0 fully saturated rings. The number of carbonyl (C=O) groups is 3. The lowest BCUT2D eigenvalue weighted by Gasteiger charge is -2.23. The van der Waals surface area contributed by atoms with Crippen LogP contribution < -0.4 is 0 Å². The number of carboxylic acid groups (broad SMARTS) is 3. The van der Waals surface area contributed by atoms with Crippen LogP contribution in [-0.4, -0.2) is 33.2 Å². The molecule has 1 aromatic rings. The number of hydrogen-bond acceptors (Lipinski definition) is 3. The van der Waals surface area contributed by atoms with Gasteiger partial charge in [0.1, 0.15) is 0 Å². The molecule has 0 unspecified atom stereocenters. The van der Waals surface area contributed by atoms with Crippen LogP contribution in [0.4, 0.5) is 0 Å². The van der Waals surface area contributed by atoms with Crippen LogP contribution in [0.25, 0.3) is 0 Å². The SMILES string of the molecule is CCCCCCCCCCCCCCCCCCc1c(CCCCCCCCCCCCCCCCCC)c(C(=O)O)c(C(=O)O)c(C(=O)O)c1CCCCCCCCCCCCCCCCCC. The molecule has 0 radical (unpaired) electrons. The predicted molar refractivity (Wildman–Crippen MR) is 297 cm³/mol. The third-order valence-corrected chi connectivity index (χ3v) is 15.3. The third-order valence-electron chi connectivity index (χ3n) is 15.3. The summed E-state index contributed by atoms with van der Waals surface area (Å²) in [6, 6.07) is 0. The Balaban J connectivity index is 2.86. The number of hydrogen-bond donors (Lipinski definition) is 3. The molecule has 0 aromatic heterocycles. The maximum atomic E-state index is 13.0. The number of aromatic carboxylic acids is 3. The molecule has 1 aromatic carbocycles. The number of benzene rings is 1. The minimum absolute atomic E-state index is 0.275. The van der Waals surface area contributed by atoms with E-state index in [2.05, 4.69) is 20.8 Å². The topological polar surface area (TPSA) is 112 Å². The van der Waals surface area contributed by atoms with Crippen LogP contribution in [0.1, 0.15) is 377 Å². The summed E-state index contributed by atoms with van der Waals surface area (Å²) in [5, 5.41) is 31.8. The lowest BCUT2D eigenvalue weighted by atomic mass is 9.80. The van der Waals surface area contributed by atoms with Crippen molar-refractivity contribution in [1.82, 2.24) is 0 Å². The van der Waals surface area contributed by atoms with Crippen LogP contribution in [-0.2, 0) is 19.3 Å². The lowest BCUT2D eigenvalue weighted by molar-refractivity contribution is 0.0631. The Kier molecular flexibility index (Phi) is 44.9. The Morgan fingerprint density at radius 1 is 0.217 bits per heavy atom. The van der Waals surface area contributed by atoms with Gasteiger partial charge in [0, 0.05) is 0 Å². The zero-order valence-corrected chi connectivity index (χ0v) is 46.1. The van der Waals surface area contributed by atoms with Crippen molar-refractivity contribution in [2.45, 2.75) is 348 Å². The van der Waals surface area contributed by atoms with Crippen LogP contribution in [0.2, 0.25) is 0 Å². The molecular weight excluding hydrogens is 853 g/mol. The molecule has 0 aliphatic carbocycles. The van der Waals surface area contributed by atoms with Crippen LogP contribution in [0.5, 0.6) is 0 Å². The molecule has 0 bridgehead atoms. The van der Waals surface area contributed by atoms with Gasteiger partial charge in [0.25, 0.3) is 0 Å². The van der Waals surface area contributed by atoms with Gasteiger partial charge in [-0.3, -0.25) is 0 Å². The fourth-order valence-corrected chi connectivity index (χ4v) is 11.0. The summed E-state index contributed by atoms with van der Waals surface area (Å²) in [6.45, 7) is 6.82. The maximum Gasteiger partial charge on any atom is 0.337 e. The van der Waals surface area contributed by atoms with Gasteiger partial charge in [0.15, 0.2) is 0 Å². The Hall–Kier alpha value is -2.37. The van der Waals surface area contributed by atoms with Gasteiger partial charge in [-0.05, 0) is 55.2 Å². The summed E-state index contributed by atoms with van der Waals surface area (Å²) < 4.78 is 0. The van der Waals surface area contributed by atoms with Crippen molar-refractivity contribution in [3.63, 3.8) is 0 Å². The molecule has 0 heterocycles. The Morgan fingerprint density at radius 3 is 0.522 bits per heavy atom. The first-order valence-electron chi connectivity index (χ1n) is 30.7. The quantitative estimate of drug-likeness (QED) is 0.0561. The van der Waals surface area contributed by atoms with Crippen LogP contribution >= 0.6 is 0 Å². The zero-order valence-electron chi connectivity index (χ0n) is 46.1. The van der Waals surface area contributed by atoms with Gasteiger partial charge < -0.3 is 15.3 Å². The normalized spacial score (nSPS) is 11.5. The van der Waals surface area contributed by atoms with Crippen molar-refractivity contribution in [3.05, 3.63) is 33.4 Å². The van der Waals surface area contributed by atoms with E-state index < -0.39 is 23.5 Å². The molecule has 0 saturated heterocycles. The van der Waals surface area contributed by atoms with Gasteiger partial charge in [-0.15, -0.1) is 0 Å². The van der Waals surface area contributed by atoms with Gasteiger partial charge in [0.2, 0.25) is 0 Å². The van der Waals surface area contributed by atoms with Crippen molar-refractivity contribution >= 4 is 17.9 Å². The van der Waals surface area contributed by atoms with E-state index in [0.29, 0.717) is 30.4 Å². The molecule has 402 valence electrons. The van der Waals surface area contributed by atoms with E-state index in [1.807, 2.05) is 0 Å². The highest BCUT2D eigenvalue weighted by Crippen LogP contribution is 2.34. The van der Waals surface area contributed by atoms with Crippen LogP contribution in [0.15, 0.2) is 0 Å². The fraction of sp³-hybridized carbons (Fsp3) is 0.857. The first kappa shape index (κ1) is 64.6. The molecule has 0 atom stereocenters. The van der Waals surface area contributed by atoms with Crippen LogP contribution in [0.3, 0.4) is 0 Å². The van der Waals surface area contributed by atoms with Crippen molar-refractivity contribution < 1.29 is 29.7 Å². The van der Waals surface area contributed by atoms with Gasteiger partial charge in [-0.2, -0.15) is 0 Å². The van der Waals surface area contributed by atoms with E-state index in [0.717, 1.165) is 76.2 Å². The Bertz CT molecular complexity index is 1290. The highest BCUT2D eigenvalue weighted by molar-refractivity contribution is 6.11. The average Bonchev–Trinajstić information content (AvgIpc) is 3.33. The van der Waals surface area contributed by atoms with Crippen LogP contribution in [0, 0.1) is 0 Å². The zero-order chi connectivity index (χ0) is 50.3. The molecule has 3 N–H and O–H groups in total. The predicted octanol–water partition coefficient (Wildman–Crippen LogP) is 21.2. The van der Waals surface area contributed by atoms with Gasteiger partial charge in [0.05, 0.1) is 16.7 Å².